The molecule has 2 nitrogen and oxygen atoms in total. The Hall–Kier alpha value is -1.52. The SMILES string of the molecule is CCCCCCCCC(CCCCCC)Cc1cc(-c2sc(-c3cc(CC(CCCCCC)CCCCCCCC)c(Br)s3)c3c2C(=O)c2c(F)ccc(F)c2C3=O)sc1Br. The van der Waals surface area contributed by atoms with Gasteiger partial charge in [-0.1, -0.05) is 182 Å². The number of carbonyl (C=O) groups is 2. The van der Waals surface area contributed by atoms with Crippen LogP contribution in [0.25, 0.3) is 19.5 Å². The van der Waals surface area contributed by atoms with Gasteiger partial charge in [-0.3, -0.25) is 9.59 Å². The molecule has 2 atom stereocenters. The van der Waals surface area contributed by atoms with E-state index < -0.39 is 34.3 Å². The van der Waals surface area contributed by atoms with Crippen LogP contribution in [-0.2, 0) is 12.8 Å². The summed E-state index contributed by atoms with van der Waals surface area (Å²) in [5, 5.41) is 0. The summed E-state index contributed by atoms with van der Waals surface area (Å²) in [5.41, 5.74) is 1.98. The first kappa shape index (κ1) is 50.5. The lowest BCUT2D eigenvalue weighted by molar-refractivity contribution is 0.0974. The number of hydrogen-bond donors (Lipinski definition) is 0. The molecule has 1 aliphatic rings. The summed E-state index contributed by atoms with van der Waals surface area (Å²) in [6, 6.07) is 6.32. The van der Waals surface area contributed by atoms with Crippen molar-refractivity contribution in [1.82, 2.24) is 0 Å². The number of benzene rings is 1. The van der Waals surface area contributed by atoms with Crippen molar-refractivity contribution in [2.45, 2.75) is 195 Å². The van der Waals surface area contributed by atoms with Crippen LogP contribution in [-0.4, -0.2) is 11.6 Å². The summed E-state index contributed by atoms with van der Waals surface area (Å²) in [5.74, 6) is -1.79. The van der Waals surface area contributed by atoms with E-state index in [0.717, 1.165) is 42.3 Å². The van der Waals surface area contributed by atoms with Gasteiger partial charge in [-0.2, -0.15) is 0 Å². The maximum absolute atomic E-state index is 15.5. The van der Waals surface area contributed by atoms with E-state index >= 15 is 8.78 Å². The van der Waals surface area contributed by atoms with E-state index in [1.165, 1.54) is 177 Å². The molecule has 0 aliphatic heterocycles. The molecule has 9 heteroatoms. The van der Waals surface area contributed by atoms with E-state index in [1.807, 2.05) is 0 Å². The predicted octanol–water partition coefficient (Wildman–Crippen LogP) is 19.5. The number of thiophene rings is 3. The van der Waals surface area contributed by atoms with E-state index in [0.29, 0.717) is 21.6 Å². The highest BCUT2D eigenvalue weighted by Crippen LogP contribution is 2.52. The molecule has 0 spiro atoms. The van der Waals surface area contributed by atoms with Crippen LogP contribution < -0.4 is 0 Å². The van der Waals surface area contributed by atoms with Gasteiger partial charge in [-0.15, -0.1) is 34.0 Å². The minimum atomic E-state index is -0.857. The van der Waals surface area contributed by atoms with Crippen LogP contribution in [0.3, 0.4) is 0 Å². The molecule has 3 heterocycles. The van der Waals surface area contributed by atoms with Crippen molar-refractivity contribution >= 4 is 77.4 Å². The molecule has 4 aromatic rings. The summed E-state index contributed by atoms with van der Waals surface area (Å²) in [4.78, 5) is 32.1. The molecular weight excluding hydrogens is 951 g/mol. The van der Waals surface area contributed by atoms with Gasteiger partial charge in [-0.05, 0) is 91.9 Å². The Morgan fingerprint density at radius 2 is 0.770 bits per heavy atom. The molecule has 5 rings (SSSR count). The number of fused-ring (bicyclic) bond motifs is 2. The third kappa shape index (κ3) is 14.0. The molecule has 0 saturated carbocycles. The average Bonchev–Trinajstić information content (AvgIpc) is 3.94. The second-order valence-corrected chi connectivity index (χ2v) is 23.5. The number of hydrogen-bond acceptors (Lipinski definition) is 5. The minimum absolute atomic E-state index is 0.216. The molecule has 0 radical (unpaired) electrons. The fourth-order valence-electron chi connectivity index (χ4n) is 9.24. The molecule has 0 saturated heterocycles. The highest BCUT2D eigenvalue weighted by atomic mass is 79.9. The Labute approximate surface area is 395 Å². The molecule has 1 aliphatic carbocycles. The summed E-state index contributed by atoms with van der Waals surface area (Å²) in [6.45, 7) is 9.04. The average molecular weight is 1020 g/mol. The number of unbranched alkanes of at least 4 members (excludes halogenated alkanes) is 16. The van der Waals surface area contributed by atoms with Crippen molar-refractivity contribution < 1.29 is 18.4 Å². The maximum atomic E-state index is 15.5. The third-order valence-corrected chi connectivity index (χ3v) is 18.2. The van der Waals surface area contributed by atoms with E-state index in [-0.39, 0.29) is 11.1 Å². The Balaban J connectivity index is 1.48. The van der Waals surface area contributed by atoms with Crippen molar-refractivity contribution in [3.8, 4) is 19.5 Å². The van der Waals surface area contributed by atoms with Crippen LogP contribution in [0.2, 0.25) is 0 Å². The summed E-state index contributed by atoms with van der Waals surface area (Å²) in [7, 11) is 0. The lowest BCUT2D eigenvalue weighted by Gasteiger charge is -2.18. The maximum Gasteiger partial charge on any atom is 0.199 e. The van der Waals surface area contributed by atoms with E-state index in [4.69, 9.17) is 0 Å². The van der Waals surface area contributed by atoms with E-state index in [9.17, 15) is 9.59 Å². The molecular formula is C52H70Br2F2O2S3. The minimum Gasteiger partial charge on any atom is -0.288 e. The van der Waals surface area contributed by atoms with Crippen LogP contribution in [0.4, 0.5) is 8.78 Å². The molecule has 0 N–H and O–H groups in total. The fraction of sp³-hybridized carbons (Fsp3) is 0.615. The standard InChI is InChI=1S/C52H70Br2F2O2S3/c1-5-9-13-17-19-23-27-35(25-21-15-11-7-3)31-37-33-41(59-51(37)53)49-45-46(48(58)44-40(56)30-29-39(55)43(44)47(45)57)50(61-49)42-34-38(52(54)60-42)32-36(26-22-16-12-8-4)28-24-20-18-14-10-6-2/h29-30,33-36H,5-28,31-32H2,1-4H3. The predicted molar refractivity (Wildman–Crippen MR) is 267 cm³/mol. The molecule has 0 amide bonds. The first-order valence-electron chi connectivity index (χ1n) is 23.9. The lowest BCUT2D eigenvalue weighted by Crippen LogP contribution is -2.23. The van der Waals surface area contributed by atoms with E-state index in [1.54, 1.807) is 22.7 Å². The van der Waals surface area contributed by atoms with E-state index in [2.05, 4.69) is 71.7 Å². The molecule has 336 valence electrons. The first-order chi connectivity index (χ1) is 29.6. The van der Waals surface area contributed by atoms with Crippen molar-refractivity contribution in [2.75, 3.05) is 0 Å². The zero-order valence-corrected chi connectivity index (χ0v) is 43.0. The van der Waals surface area contributed by atoms with Crippen LogP contribution in [0, 0.1) is 23.5 Å². The Kier molecular flexibility index (Phi) is 21.9. The second kappa shape index (κ2) is 26.4. The monoisotopic (exact) mass is 1020 g/mol. The molecule has 1 aromatic carbocycles. The van der Waals surface area contributed by atoms with Crippen LogP contribution in [0.1, 0.15) is 225 Å². The van der Waals surface area contributed by atoms with Crippen molar-refractivity contribution in [3.63, 3.8) is 0 Å². The highest BCUT2D eigenvalue weighted by molar-refractivity contribution is 9.11. The smallest absolute Gasteiger partial charge is 0.199 e. The van der Waals surface area contributed by atoms with Gasteiger partial charge in [0, 0.05) is 9.75 Å². The lowest BCUT2D eigenvalue weighted by atomic mass is 9.83. The quantitative estimate of drug-likeness (QED) is 0.0430. The van der Waals surface area contributed by atoms with Gasteiger partial charge in [0.15, 0.2) is 11.6 Å². The zero-order chi connectivity index (χ0) is 43.7. The molecule has 0 fully saturated rings. The topological polar surface area (TPSA) is 34.1 Å². The van der Waals surface area contributed by atoms with Crippen molar-refractivity contribution in [3.05, 3.63) is 76.9 Å². The summed E-state index contributed by atoms with van der Waals surface area (Å²) in [6.07, 6.45) is 32.1. The van der Waals surface area contributed by atoms with Gasteiger partial charge in [0.25, 0.3) is 0 Å². The van der Waals surface area contributed by atoms with Gasteiger partial charge < -0.3 is 0 Å². The van der Waals surface area contributed by atoms with Crippen LogP contribution >= 0.6 is 65.9 Å². The number of ketones is 2. The van der Waals surface area contributed by atoms with Crippen LogP contribution in [0.5, 0.6) is 0 Å². The number of halogens is 4. The number of rotatable bonds is 30. The number of carbonyl (C=O) groups excluding carboxylic acids is 2. The molecule has 3 aromatic heterocycles. The first-order valence-corrected chi connectivity index (χ1v) is 28.0. The fourth-order valence-corrected chi connectivity index (χ4v) is 14.2. The van der Waals surface area contributed by atoms with Crippen LogP contribution in [0.15, 0.2) is 31.8 Å². The van der Waals surface area contributed by atoms with Gasteiger partial charge >= 0.3 is 0 Å². The summed E-state index contributed by atoms with van der Waals surface area (Å²) < 4.78 is 33.1. The molecule has 61 heavy (non-hydrogen) atoms. The van der Waals surface area contributed by atoms with Gasteiger partial charge in [0.2, 0.25) is 0 Å². The molecule has 2 unspecified atom stereocenters. The Bertz CT molecular complexity index is 1860. The zero-order valence-electron chi connectivity index (χ0n) is 37.4. The van der Waals surface area contributed by atoms with Gasteiger partial charge in [0.05, 0.1) is 39.6 Å². The largest absolute Gasteiger partial charge is 0.288 e. The Morgan fingerprint density at radius 3 is 1.11 bits per heavy atom. The van der Waals surface area contributed by atoms with Gasteiger partial charge in [0.1, 0.15) is 11.6 Å². The van der Waals surface area contributed by atoms with Crippen molar-refractivity contribution in [1.29, 1.82) is 0 Å². The Morgan fingerprint density at radius 1 is 0.459 bits per heavy atom. The third-order valence-electron chi connectivity index (χ3n) is 12.8. The normalized spacial score (nSPS) is 13.6. The molecule has 0 bridgehead atoms. The van der Waals surface area contributed by atoms with Crippen molar-refractivity contribution in [2.24, 2.45) is 11.8 Å². The second-order valence-electron chi connectivity index (χ2n) is 17.7. The van der Waals surface area contributed by atoms with Gasteiger partial charge in [-0.25, -0.2) is 8.78 Å². The summed E-state index contributed by atoms with van der Waals surface area (Å²) >= 11 is 12.4. The highest BCUT2D eigenvalue weighted by Gasteiger charge is 2.41.